The van der Waals surface area contributed by atoms with E-state index >= 15 is 0 Å². The number of nitrogens with zero attached hydrogens (tertiary/aromatic N) is 4. The number of nitrogens with one attached hydrogen (secondary N) is 1. The zero-order chi connectivity index (χ0) is 20.2. The smallest absolute Gasteiger partial charge is 0.289 e. The molecule has 2 aromatic heterocycles. The lowest BCUT2D eigenvalue weighted by molar-refractivity contribution is 0.0714. The summed E-state index contributed by atoms with van der Waals surface area (Å²) in [7, 11) is 0. The Bertz CT molecular complexity index is 1010. The summed E-state index contributed by atoms with van der Waals surface area (Å²) < 4.78 is 5.20. The third kappa shape index (κ3) is 4.26. The van der Waals surface area contributed by atoms with E-state index in [1.54, 1.807) is 29.2 Å². The predicted molar refractivity (Wildman–Crippen MR) is 109 cm³/mol. The molecule has 0 spiro atoms. The minimum Gasteiger partial charge on any atom is -0.459 e. The van der Waals surface area contributed by atoms with Crippen molar-refractivity contribution >= 4 is 29.0 Å². The fourth-order valence-electron chi connectivity index (χ4n) is 3.25. The SMILES string of the molecule is CC(=O)c1cccc(Nc2cc(N3CCN(C(=O)c4ccco4)CC3)ncn2)c1. The molecular formula is C21H21N5O3. The molecule has 8 nitrogen and oxygen atoms in total. The summed E-state index contributed by atoms with van der Waals surface area (Å²) in [6.07, 6.45) is 3.01. The second-order valence-electron chi connectivity index (χ2n) is 6.78. The molecule has 1 aliphatic rings. The third-order valence-electron chi connectivity index (χ3n) is 4.82. The number of anilines is 3. The van der Waals surface area contributed by atoms with Crippen LogP contribution < -0.4 is 10.2 Å². The second kappa shape index (κ2) is 8.14. The van der Waals surface area contributed by atoms with Crippen LogP contribution in [0.5, 0.6) is 0 Å². The molecule has 1 amide bonds. The van der Waals surface area contributed by atoms with Crippen LogP contribution in [0.4, 0.5) is 17.3 Å². The van der Waals surface area contributed by atoms with E-state index in [1.165, 1.54) is 19.5 Å². The minimum atomic E-state index is -0.0925. The highest BCUT2D eigenvalue weighted by molar-refractivity contribution is 5.95. The Labute approximate surface area is 168 Å². The van der Waals surface area contributed by atoms with Crippen molar-refractivity contribution in [3.05, 3.63) is 66.4 Å². The number of rotatable bonds is 5. The molecule has 4 rings (SSSR count). The first-order valence-corrected chi connectivity index (χ1v) is 9.38. The largest absolute Gasteiger partial charge is 0.459 e. The average Bonchev–Trinajstić information content (AvgIpc) is 3.29. The number of ketones is 1. The fourth-order valence-corrected chi connectivity index (χ4v) is 3.25. The Morgan fingerprint density at radius 1 is 1.03 bits per heavy atom. The second-order valence-corrected chi connectivity index (χ2v) is 6.78. The van der Waals surface area contributed by atoms with E-state index in [4.69, 9.17) is 4.42 Å². The van der Waals surface area contributed by atoms with Crippen LogP contribution in [0, 0.1) is 0 Å². The van der Waals surface area contributed by atoms with Gasteiger partial charge in [0.25, 0.3) is 5.91 Å². The van der Waals surface area contributed by atoms with Gasteiger partial charge in [-0.2, -0.15) is 0 Å². The van der Waals surface area contributed by atoms with E-state index < -0.39 is 0 Å². The van der Waals surface area contributed by atoms with Crippen LogP contribution in [0.15, 0.2) is 59.5 Å². The molecule has 148 valence electrons. The van der Waals surface area contributed by atoms with Crippen LogP contribution in [0.1, 0.15) is 27.8 Å². The van der Waals surface area contributed by atoms with Crippen molar-refractivity contribution in [2.45, 2.75) is 6.92 Å². The Kier molecular flexibility index (Phi) is 5.24. The zero-order valence-corrected chi connectivity index (χ0v) is 16.0. The quantitative estimate of drug-likeness (QED) is 0.669. The maximum atomic E-state index is 12.4. The van der Waals surface area contributed by atoms with Crippen LogP contribution in [-0.4, -0.2) is 52.7 Å². The predicted octanol–water partition coefficient (Wildman–Crippen LogP) is 2.98. The molecule has 0 aliphatic carbocycles. The molecule has 0 radical (unpaired) electrons. The minimum absolute atomic E-state index is 0.0130. The highest BCUT2D eigenvalue weighted by Gasteiger charge is 2.24. The van der Waals surface area contributed by atoms with E-state index in [-0.39, 0.29) is 11.7 Å². The molecule has 3 aromatic rings. The Morgan fingerprint density at radius 2 is 1.86 bits per heavy atom. The molecule has 3 heterocycles. The van der Waals surface area contributed by atoms with Gasteiger partial charge in [0, 0.05) is 43.5 Å². The first kappa shape index (κ1) is 18.7. The van der Waals surface area contributed by atoms with Gasteiger partial charge in [-0.1, -0.05) is 12.1 Å². The fraction of sp³-hybridized carbons (Fsp3) is 0.238. The topological polar surface area (TPSA) is 91.6 Å². The van der Waals surface area contributed by atoms with Crippen molar-refractivity contribution in [1.82, 2.24) is 14.9 Å². The number of piperazine rings is 1. The van der Waals surface area contributed by atoms with Crippen LogP contribution >= 0.6 is 0 Å². The summed E-state index contributed by atoms with van der Waals surface area (Å²) in [4.78, 5) is 36.5. The van der Waals surface area contributed by atoms with Crippen molar-refractivity contribution in [3.63, 3.8) is 0 Å². The number of amides is 1. The summed E-state index contributed by atoms with van der Waals surface area (Å²) in [6.45, 7) is 4.06. The summed E-state index contributed by atoms with van der Waals surface area (Å²) in [5.74, 6) is 1.71. The van der Waals surface area contributed by atoms with Gasteiger partial charge in [-0.05, 0) is 31.2 Å². The summed E-state index contributed by atoms with van der Waals surface area (Å²) in [5, 5.41) is 3.22. The maximum absolute atomic E-state index is 12.4. The van der Waals surface area contributed by atoms with Crippen molar-refractivity contribution in [1.29, 1.82) is 0 Å². The van der Waals surface area contributed by atoms with Gasteiger partial charge in [-0.3, -0.25) is 9.59 Å². The molecule has 0 unspecified atom stereocenters. The van der Waals surface area contributed by atoms with E-state index in [0.717, 1.165) is 11.5 Å². The number of furan rings is 1. The molecule has 8 heteroatoms. The van der Waals surface area contributed by atoms with Crippen LogP contribution in [0.25, 0.3) is 0 Å². The van der Waals surface area contributed by atoms with Crippen molar-refractivity contribution < 1.29 is 14.0 Å². The van der Waals surface area contributed by atoms with Crippen molar-refractivity contribution in [2.24, 2.45) is 0 Å². The average molecular weight is 391 g/mol. The Hall–Kier alpha value is -3.68. The molecule has 0 atom stereocenters. The molecule has 0 saturated carbocycles. The Morgan fingerprint density at radius 3 is 2.59 bits per heavy atom. The lowest BCUT2D eigenvalue weighted by atomic mass is 10.1. The van der Waals surface area contributed by atoms with Gasteiger partial charge in [0.1, 0.15) is 18.0 Å². The van der Waals surface area contributed by atoms with Gasteiger partial charge in [-0.15, -0.1) is 0 Å². The van der Waals surface area contributed by atoms with Crippen LogP contribution in [0.2, 0.25) is 0 Å². The molecule has 1 aromatic carbocycles. The number of hydrogen-bond acceptors (Lipinski definition) is 7. The van der Waals surface area contributed by atoms with Crippen LogP contribution in [0.3, 0.4) is 0 Å². The molecule has 1 saturated heterocycles. The first-order chi connectivity index (χ1) is 14.1. The van der Waals surface area contributed by atoms with E-state index in [9.17, 15) is 9.59 Å². The number of aromatic nitrogens is 2. The number of carbonyl (C=O) groups is 2. The Balaban J connectivity index is 1.41. The summed E-state index contributed by atoms with van der Waals surface area (Å²) >= 11 is 0. The standard InChI is InChI=1S/C21H21N5O3/c1-15(27)16-4-2-5-17(12-16)24-19-13-20(23-14-22-19)25-7-9-26(10-8-25)21(28)18-6-3-11-29-18/h2-6,11-14H,7-10H2,1H3,(H,22,23,24). The maximum Gasteiger partial charge on any atom is 0.289 e. The van der Waals surface area contributed by atoms with E-state index in [1.807, 2.05) is 18.2 Å². The third-order valence-corrected chi connectivity index (χ3v) is 4.82. The number of hydrogen-bond donors (Lipinski definition) is 1. The highest BCUT2D eigenvalue weighted by Crippen LogP contribution is 2.21. The number of Topliss-reactive ketones (excluding diaryl/α,β-unsaturated/α-hetero) is 1. The van der Waals surface area contributed by atoms with Gasteiger partial charge in [0.2, 0.25) is 0 Å². The lowest BCUT2D eigenvalue weighted by Crippen LogP contribution is -2.49. The molecule has 1 aliphatic heterocycles. The summed E-state index contributed by atoms with van der Waals surface area (Å²) in [6, 6.07) is 12.5. The van der Waals surface area contributed by atoms with Gasteiger partial charge in [0.15, 0.2) is 11.5 Å². The van der Waals surface area contributed by atoms with Crippen LogP contribution in [-0.2, 0) is 0 Å². The monoisotopic (exact) mass is 391 g/mol. The van der Waals surface area contributed by atoms with Gasteiger partial charge >= 0.3 is 0 Å². The summed E-state index contributed by atoms with van der Waals surface area (Å²) in [5.41, 5.74) is 1.43. The zero-order valence-electron chi connectivity index (χ0n) is 16.0. The van der Waals surface area contributed by atoms with Gasteiger partial charge < -0.3 is 19.5 Å². The van der Waals surface area contributed by atoms with E-state index in [2.05, 4.69) is 20.2 Å². The lowest BCUT2D eigenvalue weighted by Gasteiger charge is -2.35. The molecule has 0 bridgehead atoms. The number of carbonyl (C=O) groups excluding carboxylic acids is 2. The highest BCUT2D eigenvalue weighted by atomic mass is 16.3. The van der Waals surface area contributed by atoms with Crippen molar-refractivity contribution in [2.75, 3.05) is 36.4 Å². The van der Waals surface area contributed by atoms with Gasteiger partial charge in [-0.25, -0.2) is 9.97 Å². The van der Waals surface area contributed by atoms with E-state index in [0.29, 0.717) is 43.3 Å². The molecule has 1 N–H and O–H groups in total. The van der Waals surface area contributed by atoms with Crippen molar-refractivity contribution in [3.8, 4) is 0 Å². The molecule has 29 heavy (non-hydrogen) atoms. The first-order valence-electron chi connectivity index (χ1n) is 9.38. The normalized spacial score (nSPS) is 14.0. The molecule has 1 fully saturated rings. The number of benzene rings is 1. The van der Waals surface area contributed by atoms with Gasteiger partial charge in [0.05, 0.1) is 6.26 Å². The molecular weight excluding hydrogens is 370 g/mol.